The normalized spacial score (nSPS) is 27.9. The number of nitrogens with two attached hydrogens (primary N) is 1. The maximum absolute atomic E-state index is 12.5. The molecule has 36 heavy (non-hydrogen) atoms. The number of amides is 1. The van der Waals surface area contributed by atoms with Crippen molar-refractivity contribution in [2.75, 3.05) is 32.8 Å². The fourth-order valence-electron chi connectivity index (χ4n) is 7.09. The standard InChI is InChI=1S/C30H40N2O4/c1-5-15-35-23-9-7-20(8-10-23)24-16-22-18-29(3,4)30(36-28(31)33,25(22)17-27(24)34-6-2)26-19-32-13-11-21(26)12-14-32/h7-10,16-17,21,26H,5-6,11-15,18-19H2,1-4H3,(H2,31,33)/t26-,30-/m1/s1. The molecule has 3 fully saturated rings. The van der Waals surface area contributed by atoms with E-state index in [1.165, 1.54) is 5.56 Å². The van der Waals surface area contributed by atoms with Crippen molar-refractivity contribution in [2.45, 2.75) is 59.0 Å². The van der Waals surface area contributed by atoms with Crippen LogP contribution in [0.1, 0.15) is 58.1 Å². The molecule has 0 spiro atoms. The second kappa shape index (κ2) is 9.62. The van der Waals surface area contributed by atoms with Gasteiger partial charge < -0.3 is 24.8 Å². The molecule has 4 aliphatic rings. The SMILES string of the molecule is CCCOc1ccc(-c2cc3c(cc2OCC)[C@@](OC(N)=O)([C@@H]2CN4CCC2CC4)C(C)(C)C3)cc1. The molecule has 3 saturated heterocycles. The van der Waals surface area contributed by atoms with E-state index in [1.807, 2.05) is 19.1 Å². The summed E-state index contributed by atoms with van der Waals surface area (Å²) in [5, 5.41) is 0. The van der Waals surface area contributed by atoms with Gasteiger partial charge in [-0.05, 0) is 87.0 Å². The first-order valence-corrected chi connectivity index (χ1v) is 13.5. The number of piperidine rings is 3. The Morgan fingerprint density at radius 1 is 1.08 bits per heavy atom. The van der Waals surface area contributed by atoms with Gasteiger partial charge in [-0.1, -0.05) is 32.9 Å². The molecule has 6 heteroatoms. The van der Waals surface area contributed by atoms with Crippen molar-refractivity contribution in [3.63, 3.8) is 0 Å². The zero-order valence-electron chi connectivity index (χ0n) is 22.1. The summed E-state index contributed by atoms with van der Waals surface area (Å²) < 4.78 is 18.3. The van der Waals surface area contributed by atoms with E-state index >= 15 is 0 Å². The van der Waals surface area contributed by atoms with E-state index in [9.17, 15) is 4.79 Å². The molecular weight excluding hydrogens is 452 g/mol. The van der Waals surface area contributed by atoms with Crippen LogP contribution in [0.4, 0.5) is 4.79 Å². The quantitative estimate of drug-likeness (QED) is 0.507. The zero-order valence-corrected chi connectivity index (χ0v) is 22.1. The molecule has 0 radical (unpaired) electrons. The van der Waals surface area contributed by atoms with Crippen LogP contribution < -0.4 is 15.2 Å². The molecule has 1 amide bonds. The Balaban J connectivity index is 1.62. The molecule has 6 rings (SSSR count). The topological polar surface area (TPSA) is 74.0 Å². The number of hydrogen-bond donors (Lipinski definition) is 1. The molecule has 2 aromatic carbocycles. The fourth-order valence-corrected chi connectivity index (χ4v) is 7.09. The first-order valence-electron chi connectivity index (χ1n) is 13.5. The van der Waals surface area contributed by atoms with Crippen molar-refractivity contribution in [1.82, 2.24) is 4.90 Å². The number of benzene rings is 2. The minimum absolute atomic E-state index is 0.207. The third-order valence-corrected chi connectivity index (χ3v) is 8.62. The van der Waals surface area contributed by atoms with Crippen LogP contribution in [0.15, 0.2) is 36.4 Å². The first-order chi connectivity index (χ1) is 17.3. The summed E-state index contributed by atoms with van der Waals surface area (Å²) in [5.41, 5.74) is 9.13. The van der Waals surface area contributed by atoms with Gasteiger partial charge in [0.2, 0.25) is 0 Å². The Hall–Kier alpha value is -2.73. The van der Waals surface area contributed by atoms with Crippen LogP contribution in [0.25, 0.3) is 11.1 Å². The van der Waals surface area contributed by atoms with Crippen LogP contribution in [0, 0.1) is 17.3 Å². The fraction of sp³-hybridized carbons (Fsp3) is 0.567. The monoisotopic (exact) mass is 492 g/mol. The molecule has 1 aliphatic carbocycles. The van der Waals surface area contributed by atoms with E-state index < -0.39 is 11.7 Å². The number of rotatable bonds is 8. The third-order valence-electron chi connectivity index (χ3n) is 8.62. The molecule has 194 valence electrons. The summed E-state index contributed by atoms with van der Waals surface area (Å²) in [6.45, 7) is 13.0. The first kappa shape index (κ1) is 24.9. The van der Waals surface area contributed by atoms with Gasteiger partial charge in [0.1, 0.15) is 17.1 Å². The number of fused-ring (bicyclic) bond motifs is 4. The second-order valence-corrected chi connectivity index (χ2v) is 11.3. The lowest BCUT2D eigenvalue weighted by molar-refractivity contribution is -0.157. The zero-order chi connectivity index (χ0) is 25.5. The average molecular weight is 493 g/mol. The lowest BCUT2D eigenvalue weighted by Gasteiger charge is -2.55. The van der Waals surface area contributed by atoms with Crippen molar-refractivity contribution < 1.29 is 19.0 Å². The molecule has 3 aliphatic heterocycles. The summed E-state index contributed by atoms with van der Waals surface area (Å²) in [7, 11) is 0. The highest BCUT2D eigenvalue weighted by Crippen LogP contribution is 2.61. The Bertz CT molecular complexity index is 1100. The van der Waals surface area contributed by atoms with Gasteiger partial charge in [-0.15, -0.1) is 0 Å². The Morgan fingerprint density at radius 3 is 2.39 bits per heavy atom. The number of carbonyl (C=O) groups is 1. The van der Waals surface area contributed by atoms with Gasteiger partial charge in [0, 0.05) is 29.0 Å². The Labute approximate surface area is 215 Å². The van der Waals surface area contributed by atoms with Crippen molar-refractivity contribution in [1.29, 1.82) is 0 Å². The molecule has 3 heterocycles. The maximum Gasteiger partial charge on any atom is 0.405 e. The van der Waals surface area contributed by atoms with E-state index in [0.29, 0.717) is 19.1 Å². The van der Waals surface area contributed by atoms with Gasteiger partial charge in [0.25, 0.3) is 0 Å². The van der Waals surface area contributed by atoms with E-state index in [-0.39, 0.29) is 11.3 Å². The van der Waals surface area contributed by atoms with Gasteiger partial charge in [0.05, 0.1) is 13.2 Å². The second-order valence-electron chi connectivity index (χ2n) is 11.3. The van der Waals surface area contributed by atoms with Crippen molar-refractivity contribution in [3.05, 3.63) is 47.5 Å². The number of nitrogens with zero attached hydrogens (tertiary/aromatic N) is 1. The largest absolute Gasteiger partial charge is 0.494 e. The minimum Gasteiger partial charge on any atom is -0.494 e. The number of carbonyl (C=O) groups excluding carboxylic acids is 1. The molecule has 6 nitrogen and oxygen atoms in total. The van der Waals surface area contributed by atoms with Crippen LogP contribution in [-0.2, 0) is 16.8 Å². The molecule has 0 saturated carbocycles. The Morgan fingerprint density at radius 2 is 1.81 bits per heavy atom. The predicted octanol–water partition coefficient (Wildman–Crippen LogP) is 5.76. The van der Waals surface area contributed by atoms with E-state index in [4.69, 9.17) is 19.9 Å². The van der Waals surface area contributed by atoms with Crippen LogP contribution in [-0.4, -0.2) is 43.8 Å². The van der Waals surface area contributed by atoms with Crippen molar-refractivity contribution in [2.24, 2.45) is 23.0 Å². The lowest BCUT2D eigenvalue weighted by Crippen LogP contribution is -2.60. The van der Waals surface area contributed by atoms with E-state index in [2.05, 4.69) is 49.9 Å². The van der Waals surface area contributed by atoms with Crippen LogP contribution in [0.5, 0.6) is 11.5 Å². The highest BCUT2D eigenvalue weighted by molar-refractivity contribution is 5.74. The molecule has 0 aromatic heterocycles. The average Bonchev–Trinajstić information content (AvgIpc) is 3.09. The summed E-state index contributed by atoms with van der Waals surface area (Å²) in [6.07, 6.45) is 3.38. The van der Waals surface area contributed by atoms with Crippen LogP contribution >= 0.6 is 0 Å². The molecule has 2 atom stereocenters. The lowest BCUT2D eigenvalue weighted by atomic mass is 9.60. The van der Waals surface area contributed by atoms with Crippen molar-refractivity contribution >= 4 is 6.09 Å². The van der Waals surface area contributed by atoms with Crippen LogP contribution in [0.2, 0.25) is 0 Å². The van der Waals surface area contributed by atoms with Gasteiger partial charge in [0.15, 0.2) is 0 Å². The summed E-state index contributed by atoms with van der Waals surface area (Å²) in [4.78, 5) is 15.0. The maximum atomic E-state index is 12.5. The molecule has 0 unspecified atom stereocenters. The Kier molecular flexibility index (Phi) is 6.67. The minimum atomic E-state index is -0.778. The van der Waals surface area contributed by atoms with E-state index in [1.54, 1.807) is 0 Å². The smallest absolute Gasteiger partial charge is 0.405 e. The van der Waals surface area contributed by atoms with Gasteiger partial charge in [-0.2, -0.15) is 0 Å². The number of hydrogen-bond acceptors (Lipinski definition) is 5. The molecule has 2 N–H and O–H groups in total. The van der Waals surface area contributed by atoms with Crippen molar-refractivity contribution in [3.8, 4) is 22.6 Å². The third kappa shape index (κ3) is 4.13. The van der Waals surface area contributed by atoms with Gasteiger partial charge >= 0.3 is 6.09 Å². The molecular formula is C30H40N2O4. The van der Waals surface area contributed by atoms with Gasteiger partial charge in [-0.3, -0.25) is 0 Å². The summed E-state index contributed by atoms with van der Waals surface area (Å²) in [6, 6.07) is 12.6. The number of ether oxygens (including phenoxy) is 3. The molecule has 2 bridgehead atoms. The predicted molar refractivity (Wildman–Crippen MR) is 141 cm³/mol. The summed E-state index contributed by atoms with van der Waals surface area (Å²) >= 11 is 0. The van der Waals surface area contributed by atoms with E-state index in [0.717, 1.165) is 73.5 Å². The highest BCUT2D eigenvalue weighted by Gasteiger charge is 2.63. The highest BCUT2D eigenvalue weighted by atomic mass is 16.6. The number of primary amides is 1. The van der Waals surface area contributed by atoms with Gasteiger partial charge in [-0.25, -0.2) is 4.79 Å². The summed E-state index contributed by atoms with van der Waals surface area (Å²) in [5.74, 6) is 2.41. The van der Waals surface area contributed by atoms with Crippen LogP contribution in [0.3, 0.4) is 0 Å². The molecule has 2 aromatic rings.